The van der Waals surface area contributed by atoms with Crippen LogP contribution in [0.15, 0.2) is 83.8 Å². The summed E-state index contributed by atoms with van der Waals surface area (Å²) in [6, 6.07) is 23.8. The smallest absolute Gasteiger partial charge is 0.243 e. The zero-order valence-corrected chi connectivity index (χ0v) is 18.1. The number of nitrogens with one attached hydrogen (secondary N) is 2. The summed E-state index contributed by atoms with van der Waals surface area (Å²) in [5, 5.41) is 5.37. The van der Waals surface area contributed by atoms with E-state index in [2.05, 4.69) is 10.6 Å². The molecule has 32 heavy (non-hydrogen) atoms. The van der Waals surface area contributed by atoms with Gasteiger partial charge < -0.3 is 10.6 Å². The third-order valence-electron chi connectivity index (χ3n) is 5.18. The highest BCUT2D eigenvalue weighted by molar-refractivity contribution is 7.89. The van der Waals surface area contributed by atoms with Crippen LogP contribution in [0.1, 0.15) is 5.56 Å². The Balaban J connectivity index is 1.42. The lowest BCUT2D eigenvalue weighted by molar-refractivity contribution is -0.122. The second-order valence-corrected chi connectivity index (χ2v) is 9.44. The second kappa shape index (κ2) is 9.33. The number of benzene rings is 3. The monoisotopic (exact) mass is 449 g/mol. The van der Waals surface area contributed by atoms with Gasteiger partial charge in [-0.15, -0.1) is 0 Å². The van der Waals surface area contributed by atoms with Gasteiger partial charge in [-0.25, -0.2) is 8.42 Å². The molecule has 0 aliphatic carbocycles. The fourth-order valence-electron chi connectivity index (χ4n) is 3.54. The zero-order valence-electron chi connectivity index (χ0n) is 17.3. The van der Waals surface area contributed by atoms with Gasteiger partial charge in [0.05, 0.1) is 17.9 Å². The highest BCUT2D eigenvalue weighted by Crippen LogP contribution is 2.22. The molecule has 0 spiro atoms. The van der Waals surface area contributed by atoms with E-state index < -0.39 is 10.0 Å². The molecule has 8 heteroatoms. The summed E-state index contributed by atoms with van der Waals surface area (Å²) in [6.45, 7) is 0.277. The lowest BCUT2D eigenvalue weighted by Gasteiger charge is -2.26. The Morgan fingerprint density at radius 1 is 0.938 bits per heavy atom. The molecule has 1 aliphatic heterocycles. The van der Waals surface area contributed by atoms with Gasteiger partial charge in [-0.2, -0.15) is 4.31 Å². The van der Waals surface area contributed by atoms with E-state index in [0.717, 1.165) is 21.0 Å². The summed E-state index contributed by atoms with van der Waals surface area (Å²) < 4.78 is 26.8. The SMILES string of the molecule is O=C1CN(S(=O)(=O)c2cccc(NC(=O)Cc3ccc(-c4ccccc4)cc3)c2)CCN1. The Bertz CT molecular complexity index is 1230. The van der Waals surface area contributed by atoms with Gasteiger partial charge in [0, 0.05) is 18.8 Å². The van der Waals surface area contributed by atoms with Crippen LogP contribution in [0.5, 0.6) is 0 Å². The minimum absolute atomic E-state index is 0.0391. The van der Waals surface area contributed by atoms with Gasteiger partial charge in [-0.3, -0.25) is 9.59 Å². The summed E-state index contributed by atoms with van der Waals surface area (Å²) >= 11 is 0. The molecule has 0 radical (unpaired) electrons. The molecule has 164 valence electrons. The van der Waals surface area contributed by atoms with Crippen molar-refractivity contribution < 1.29 is 18.0 Å². The molecule has 3 aromatic carbocycles. The molecule has 2 N–H and O–H groups in total. The molecule has 1 saturated heterocycles. The summed E-state index contributed by atoms with van der Waals surface area (Å²) in [5.74, 6) is -0.577. The van der Waals surface area contributed by atoms with E-state index in [4.69, 9.17) is 0 Å². The summed E-state index contributed by atoms with van der Waals surface area (Å²) in [5.41, 5.74) is 3.41. The predicted molar refractivity (Wildman–Crippen MR) is 122 cm³/mol. The molecular formula is C24H23N3O4S. The van der Waals surface area contributed by atoms with Gasteiger partial charge in [0.15, 0.2) is 0 Å². The molecule has 3 aromatic rings. The molecule has 0 saturated carbocycles. The van der Waals surface area contributed by atoms with Gasteiger partial charge >= 0.3 is 0 Å². The van der Waals surface area contributed by atoms with Crippen LogP contribution >= 0.6 is 0 Å². The number of rotatable bonds is 6. The van der Waals surface area contributed by atoms with E-state index >= 15 is 0 Å². The molecule has 7 nitrogen and oxygen atoms in total. The van der Waals surface area contributed by atoms with Gasteiger partial charge in [0.25, 0.3) is 0 Å². The van der Waals surface area contributed by atoms with Crippen molar-refractivity contribution in [2.45, 2.75) is 11.3 Å². The molecular weight excluding hydrogens is 426 g/mol. The van der Waals surface area contributed by atoms with Crippen LogP contribution in [-0.2, 0) is 26.0 Å². The molecule has 0 bridgehead atoms. The average molecular weight is 450 g/mol. The maximum Gasteiger partial charge on any atom is 0.243 e. The number of hydrogen-bond acceptors (Lipinski definition) is 4. The van der Waals surface area contributed by atoms with E-state index in [9.17, 15) is 18.0 Å². The minimum Gasteiger partial charge on any atom is -0.354 e. The maximum atomic E-state index is 12.8. The Hall–Kier alpha value is -3.49. The molecule has 4 rings (SSSR count). The van der Waals surface area contributed by atoms with Crippen LogP contribution in [0.25, 0.3) is 11.1 Å². The first-order chi connectivity index (χ1) is 15.4. The molecule has 0 atom stereocenters. The van der Waals surface area contributed by atoms with Crippen LogP contribution in [0.3, 0.4) is 0 Å². The molecule has 0 aromatic heterocycles. The summed E-state index contributed by atoms with van der Waals surface area (Å²) in [4.78, 5) is 24.1. The van der Waals surface area contributed by atoms with Gasteiger partial charge in [0.1, 0.15) is 0 Å². The van der Waals surface area contributed by atoms with Gasteiger partial charge in [0.2, 0.25) is 21.8 Å². The van der Waals surface area contributed by atoms with E-state index in [-0.39, 0.29) is 42.8 Å². The van der Waals surface area contributed by atoms with E-state index in [0.29, 0.717) is 5.69 Å². The average Bonchev–Trinajstić information content (AvgIpc) is 2.80. The maximum absolute atomic E-state index is 12.8. The number of anilines is 1. The summed E-state index contributed by atoms with van der Waals surface area (Å²) in [6.07, 6.45) is 0.165. The Morgan fingerprint density at radius 2 is 1.66 bits per heavy atom. The van der Waals surface area contributed by atoms with Crippen LogP contribution in [0.4, 0.5) is 5.69 Å². The van der Waals surface area contributed by atoms with Crippen molar-refractivity contribution in [1.82, 2.24) is 9.62 Å². The first kappa shape index (κ1) is 21.7. The van der Waals surface area contributed by atoms with Crippen molar-refractivity contribution in [1.29, 1.82) is 0 Å². The third-order valence-corrected chi connectivity index (χ3v) is 7.03. The van der Waals surface area contributed by atoms with Gasteiger partial charge in [-0.1, -0.05) is 60.7 Å². The number of piperazine rings is 1. The largest absolute Gasteiger partial charge is 0.354 e. The van der Waals surface area contributed by atoms with Crippen LogP contribution in [0, 0.1) is 0 Å². The van der Waals surface area contributed by atoms with Crippen LogP contribution in [0.2, 0.25) is 0 Å². The van der Waals surface area contributed by atoms with E-state index in [1.165, 1.54) is 12.1 Å². The topological polar surface area (TPSA) is 95.6 Å². The highest BCUT2D eigenvalue weighted by Gasteiger charge is 2.29. The van der Waals surface area contributed by atoms with E-state index in [1.54, 1.807) is 12.1 Å². The van der Waals surface area contributed by atoms with Crippen molar-refractivity contribution in [3.63, 3.8) is 0 Å². The molecule has 0 unspecified atom stereocenters. The number of sulfonamides is 1. The highest BCUT2D eigenvalue weighted by atomic mass is 32.2. The first-order valence-electron chi connectivity index (χ1n) is 10.2. The molecule has 1 heterocycles. The Morgan fingerprint density at radius 3 is 2.38 bits per heavy atom. The van der Waals surface area contributed by atoms with Crippen molar-refractivity contribution >= 4 is 27.5 Å². The number of hydrogen-bond donors (Lipinski definition) is 2. The number of carbonyl (C=O) groups is 2. The second-order valence-electron chi connectivity index (χ2n) is 7.50. The van der Waals surface area contributed by atoms with Crippen molar-refractivity contribution in [3.8, 4) is 11.1 Å². The Kier molecular flexibility index (Phi) is 6.34. The van der Waals surface area contributed by atoms with Crippen LogP contribution in [-0.4, -0.2) is 44.2 Å². The van der Waals surface area contributed by atoms with Crippen molar-refractivity contribution in [3.05, 3.63) is 84.4 Å². The fourth-order valence-corrected chi connectivity index (χ4v) is 4.98. The lowest BCUT2D eigenvalue weighted by Crippen LogP contribution is -2.49. The quantitative estimate of drug-likeness (QED) is 0.605. The first-order valence-corrected chi connectivity index (χ1v) is 11.7. The predicted octanol–water partition coefficient (Wildman–Crippen LogP) is 2.66. The van der Waals surface area contributed by atoms with E-state index in [1.807, 2.05) is 54.6 Å². The number of carbonyl (C=O) groups excluding carboxylic acids is 2. The van der Waals surface area contributed by atoms with Crippen LogP contribution < -0.4 is 10.6 Å². The standard InChI is InChI=1S/C24H23N3O4S/c28-23(15-18-9-11-20(12-10-18)19-5-2-1-3-6-19)26-21-7-4-8-22(16-21)32(30,31)27-14-13-25-24(29)17-27/h1-12,16H,13-15,17H2,(H,25,29)(H,26,28). The third kappa shape index (κ3) is 5.04. The fraction of sp³-hybridized carbons (Fsp3) is 0.167. The number of nitrogens with zero attached hydrogens (tertiary/aromatic N) is 1. The van der Waals surface area contributed by atoms with Crippen molar-refractivity contribution in [2.75, 3.05) is 25.0 Å². The zero-order chi connectivity index (χ0) is 22.6. The Labute approximate surface area is 187 Å². The molecule has 1 fully saturated rings. The lowest BCUT2D eigenvalue weighted by atomic mass is 10.0. The summed E-state index contributed by atoms with van der Waals surface area (Å²) in [7, 11) is -3.82. The minimum atomic E-state index is -3.82. The molecule has 1 aliphatic rings. The van der Waals surface area contributed by atoms with Gasteiger partial charge in [-0.05, 0) is 34.9 Å². The normalized spacial score (nSPS) is 14.6. The number of amides is 2. The molecule has 2 amide bonds. The van der Waals surface area contributed by atoms with Crippen molar-refractivity contribution in [2.24, 2.45) is 0 Å².